The second-order valence-electron chi connectivity index (χ2n) is 3.48. The van der Waals surface area contributed by atoms with Crippen LogP contribution in [0.1, 0.15) is 20.7 Å². The van der Waals surface area contributed by atoms with Crippen LogP contribution in [0.4, 0.5) is 0 Å². The van der Waals surface area contributed by atoms with Gasteiger partial charge >= 0.3 is 0 Å². The van der Waals surface area contributed by atoms with E-state index in [1.165, 1.54) is 0 Å². The Bertz CT molecular complexity index is 548. The van der Waals surface area contributed by atoms with Crippen molar-refractivity contribution in [2.45, 2.75) is 0 Å². The lowest BCUT2D eigenvalue weighted by Gasteiger charge is -2.14. The second kappa shape index (κ2) is 4.51. The summed E-state index contributed by atoms with van der Waals surface area (Å²) in [6.07, 6.45) is 1.12. The molecular formula is C12H8ClNO3. The van der Waals surface area contributed by atoms with Gasteiger partial charge in [-0.15, -0.1) is 11.6 Å². The topological polar surface area (TPSA) is 63.2 Å². The highest BCUT2D eigenvalue weighted by molar-refractivity contribution is 6.29. The zero-order valence-corrected chi connectivity index (χ0v) is 9.45. The summed E-state index contributed by atoms with van der Waals surface area (Å²) in [6, 6.07) is 6.47. The fourth-order valence-electron chi connectivity index (χ4n) is 1.59. The van der Waals surface area contributed by atoms with Gasteiger partial charge in [0.15, 0.2) is 5.78 Å². The van der Waals surface area contributed by atoms with E-state index in [1.54, 1.807) is 24.3 Å². The number of carbonyl (C=O) groups excluding carboxylic acids is 3. The number of allylic oxidation sites excluding steroid dienone is 2. The maximum absolute atomic E-state index is 11.9. The number of rotatable bonds is 2. The maximum Gasteiger partial charge on any atom is 0.239 e. The minimum atomic E-state index is -0.515. The molecule has 4 nitrogen and oxygen atoms in total. The van der Waals surface area contributed by atoms with Gasteiger partial charge in [-0.25, -0.2) is 0 Å². The van der Waals surface area contributed by atoms with Crippen molar-refractivity contribution in [3.63, 3.8) is 0 Å². The zero-order chi connectivity index (χ0) is 12.4. The average molecular weight is 250 g/mol. The van der Waals surface area contributed by atoms with Gasteiger partial charge < -0.3 is 5.32 Å². The van der Waals surface area contributed by atoms with Crippen LogP contribution in [-0.2, 0) is 4.79 Å². The smallest absolute Gasteiger partial charge is 0.239 e. The molecule has 1 amide bonds. The summed E-state index contributed by atoms with van der Waals surface area (Å²) in [6.45, 7) is 0. The van der Waals surface area contributed by atoms with Crippen molar-refractivity contribution in [1.82, 2.24) is 5.32 Å². The fourth-order valence-corrected chi connectivity index (χ4v) is 1.66. The normalized spacial score (nSPS) is 14.1. The third-order valence-corrected chi connectivity index (χ3v) is 2.60. The lowest BCUT2D eigenvalue weighted by molar-refractivity contribution is -0.117. The van der Waals surface area contributed by atoms with Crippen molar-refractivity contribution < 1.29 is 14.4 Å². The van der Waals surface area contributed by atoms with E-state index in [-0.39, 0.29) is 23.1 Å². The molecule has 5 heteroatoms. The molecule has 0 radical (unpaired) electrons. The highest BCUT2D eigenvalue weighted by Gasteiger charge is 2.25. The van der Waals surface area contributed by atoms with E-state index in [4.69, 9.17) is 11.6 Å². The Morgan fingerprint density at radius 3 is 2.47 bits per heavy atom. The highest BCUT2D eigenvalue weighted by atomic mass is 35.5. The van der Waals surface area contributed by atoms with Gasteiger partial charge in [-0.1, -0.05) is 24.3 Å². The van der Waals surface area contributed by atoms with Crippen LogP contribution >= 0.6 is 11.6 Å². The number of benzene rings is 1. The quantitative estimate of drug-likeness (QED) is 0.804. The second-order valence-corrected chi connectivity index (χ2v) is 3.75. The van der Waals surface area contributed by atoms with E-state index in [9.17, 15) is 14.4 Å². The Hall–Kier alpha value is -1.94. The highest BCUT2D eigenvalue weighted by Crippen LogP contribution is 2.19. The molecule has 0 heterocycles. The molecule has 1 aromatic rings. The molecule has 0 unspecified atom stereocenters. The summed E-state index contributed by atoms with van der Waals surface area (Å²) >= 11 is 5.32. The molecule has 0 atom stereocenters. The summed E-state index contributed by atoms with van der Waals surface area (Å²) in [7, 11) is 0. The van der Waals surface area contributed by atoms with Crippen LogP contribution in [0.15, 0.2) is 36.0 Å². The molecule has 0 bridgehead atoms. The molecule has 0 fully saturated rings. The Labute approximate surface area is 102 Å². The molecule has 17 heavy (non-hydrogen) atoms. The third-order valence-electron chi connectivity index (χ3n) is 2.35. The van der Waals surface area contributed by atoms with Gasteiger partial charge in [0.2, 0.25) is 11.7 Å². The maximum atomic E-state index is 11.9. The van der Waals surface area contributed by atoms with E-state index >= 15 is 0 Å². The number of hydrogen-bond donors (Lipinski definition) is 1. The van der Waals surface area contributed by atoms with Crippen molar-refractivity contribution in [2.24, 2.45) is 0 Å². The summed E-state index contributed by atoms with van der Waals surface area (Å²) in [5.74, 6) is -1.46. The first-order valence-corrected chi connectivity index (χ1v) is 5.42. The average Bonchev–Trinajstić information content (AvgIpc) is 2.35. The first kappa shape index (κ1) is 11.5. The van der Waals surface area contributed by atoms with Crippen LogP contribution in [0, 0.1) is 0 Å². The number of carbonyl (C=O) groups is 3. The minimum Gasteiger partial charge on any atom is -0.322 e. The molecule has 1 aliphatic carbocycles. The predicted octanol–water partition coefficient (Wildman–Crippen LogP) is 1.30. The molecule has 0 saturated heterocycles. The van der Waals surface area contributed by atoms with Crippen molar-refractivity contribution in [1.29, 1.82) is 0 Å². The molecule has 1 aliphatic rings. The largest absolute Gasteiger partial charge is 0.322 e. The molecule has 0 aromatic heterocycles. The van der Waals surface area contributed by atoms with Gasteiger partial charge in [0.05, 0.1) is 5.70 Å². The van der Waals surface area contributed by atoms with Crippen molar-refractivity contribution in [2.75, 3.05) is 5.88 Å². The number of hydrogen-bond acceptors (Lipinski definition) is 3. The summed E-state index contributed by atoms with van der Waals surface area (Å²) in [5, 5.41) is 2.31. The summed E-state index contributed by atoms with van der Waals surface area (Å²) in [4.78, 5) is 34.7. The summed E-state index contributed by atoms with van der Waals surface area (Å²) < 4.78 is 0. The van der Waals surface area contributed by atoms with E-state index in [2.05, 4.69) is 5.32 Å². The standard InChI is InChI=1S/C12H8ClNO3/c13-6-11(16)14-9-5-10(15)7-3-1-2-4-8(7)12(9)17/h1-5H,6H2,(H,14,16). The van der Waals surface area contributed by atoms with Crippen LogP contribution in [0.25, 0.3) is 0 Å². The number of Topliss-reactive ketones (excluding diaryl/α,β-unsaturated/α-hetero) is 1. The van der Waals surface area contributed by atoms with E-state index in [0.29, 0.717) is 11.1 Å². The number of nitrogens with one attached hydrogen (secondary N) is 1. The van der Waals surface area contributed by atoms with Gasteiger partial charge in [0.1, 0.15) is 5.88 Å². The number of halogens is 1. The van der Waals surface area contributed by atoms with Crippen LogP contribution in [0.3, 0.4) is 0 Å². The number of amides is 1. The molecule has 0 aliphatic heterocycles. The summed E-state index contributed by atoms with van der Waals surface area (Å²) in [5.41, 5.74) is 0.616. The van der Waals surface area contributed by atoms with Crippen molar-refractivity contribution in [3.8, 4) is 0 Å². The van der Waals surface area contributed by atoms with Crippen LogP contribution in [-0.4, -0.2) is 23.4 Å². The molecule has 1 aromatic carbocycles. The van der Waals surface area contributed by atoms with Gasteiger partial charge in [-0.2, -0.15) is 0 Å². The van der Waals surface area contributed by atoms with E-state index in [1.807, 2.05) is 0 Å². The molecule has 0 saturated carbocycles. The van der Waals surface area contributed by atoms with E-state index < -0.39 is 5.91 Å². The van der Waals surface area contributed by atoms with Gasteiger partial charge in [0, 0.05) is 17.2 Å². The van der Waals surface area contributed by atoms with Gasteiger partial charge in [-0.3, -0.25) is 14.4 Å². The monoisotopic (exact) mass is 249 g/mol. The number of alkyl halides is 1. The molecule has 0 spiro atoms. The zero-order valence-electron chi connectivity index (χ0n) is 8.70. The molecule has 2 rings (SSSR count). The Morgan fingerprint density at radius 1 is 1.18 bits per heavy atom. The lowest BCUT2D eigenvalue weighted by Crippen LogP contribution is -2.31. The Kier molecular flexibility index (Phi) is 3.06. The van der Waals surface area contributed by atoms with Gasteiger partial charge in [0.25, 0.3) is 0 Å². The third kappa shape index (κ3) is 2.12. The fraction of sp³-hybridized carbons (Fsp3) is 0.0833. The minimum absolute atomic E-state index is 0.0284. The predicted molar refractivity (Wildman–Crippen MR) is 62.0 cm³/mol. The Balaban J connectivity index is 2.38. The molecule has 86 valence electrons. The SMILES string of the molecule is O=C(CCl)NC1=CC(=O)c2ccccc2C1=O. The van der Waals surface area contributed by atoms with Crippen LogP contribution < -0.4 is 5.32 Å². The molecule has 1 N–H and O–H groups in total. The first-order chi connectivity index (χ1) is 8.13. The lowest BCUT2D eigenvalue weighted by atomic mass is 9.93. The number of ketones is 2. The molecular weight excluding hydrogens is 242 g/mol. The van der Waals surface area contributed by atoms with Crippen molar-refractivity contribution in [3.05, 3.63) is 47.2 Å². The van der Waals surface area contributed by atoms with Gasteiger partial charge in [-0.05, 0) is 0 Å². The number of fused-ring (bicyclic) bond motifs is 1. The van der Waals surface area contributed by atoms with Crippen molar-refractivity contribution >= 4 is 29.1 Å². The first-order valence-electron chi connectivity index (χ1n) is 4.89. The van der Waals surface area contributed by atoms with Crippen LogP contribution in [0.5, 0.6) is 0 Å². The Morgan fingerprint density at radius 2 is 1.82 bits per heavy atom. The van der Waals surface area contributed by atoms with E-state index in [0.717, 1.165) is 6.08 Å². The van der Waals surface area contributed by atoms with Crippen LogP contribution in [0.2, 0.25) is 0 Å².